The standard InChI is InChI=1S/C22H27N3O7/c1-22(2,3)32-21(30)23-11-12-24(16(13-23)20(29)31-4)17(26)9-10-25-18(27)14-7-5-6-8-15(14)19(25)28/h5-8,16H,9-13H2,1-4H3. The number of hydrogen-bond donors (Lipinski definition) is 0. The first-order valence-corrected chi connectivity index (χ1v) is 10.3. The van der Waals surface area contributed by atoms with Gasteiger partial charge >= 0.3 is 12.1 Å². The van der Waals surface area contributed by atoms with E-state index in [0.717, 1.165) is 4.90 Å². The predicted molar refractivity (Wildman–Crippen MR) is 112 cm³/mol. The number of hydrogen-bond acceptors (Lipinski definition) is 7. The number of imide groups is 1. The molecular weight excluding hydrogens is 418 g/mol. The Morgan fingerprint density at radius 1 is 1.03 bits per heavy atom. The van der Waals surface area contributed by atoms with Gasteiger partial charge < -0.3 is 19.3 Å². The van der Waals surface area contributed by atoms with E-state index in [1.54, 1.807) is 45.0 Å². The molecule has 0 spiro atoms. The van der Waals surface area contributed by atoms with Gasteiger partial charge in [-0.15, -0.1) is 0 Å². The van der Waals surface area contributed by atoms with Crippen LogP contribution in [0, 0.1) is 0 Å². The summed E-state index contributed by atoms with van der Waals surface area (Å²) in [5.41, 5.74) is -0.0799. The number of nitrogens with zero attached hydrogens (tertiary/aromatic N) is 3. The quantitative estimate of drug-likeness (QED) is 0.507. The first-order valence-electron chi connectivity index (χ1n) is 10.3. The zero-order chi connectivity index (χ0) is 23.6. The van der Waals surface area contributed by atoms with Gasteiger partial charge in [0.2, 0.25) is 5.91 Å². The maximum atomic E-state index is 12.9. The number of methoxy groups -OCH3 is 1. The summed E-state index contributed by atoms with van der Waals surface area (Å²) in [7, 11) is 1.20. The van der Waals surface area contributed by atoms with Crippen LogP contribution >= 0.6 is 0 Å². The van der Waals surface area contributed by atoms with E-state index in [1.807, 2.05) is 0 Å². The van der Waals surface area contributed by atoms with Crippen molar-refractivity contribution in [1.82, 2.24) is 14.7 Å². The summed E-state index contributed by atoms with van der Waals surface area (Å²) < 4.78 is 10.2. The van der Waals surface area contributed by atoms with Crippen LogP contribution in [0.1, 0.15) is 47.9 Å². The molecule has 2 aliphatic heterocycles. The van der Waals surface area contributed by atoms with Gasteiger partial charge in [0.05, 0.1) is 24.8 Å². The Bertz CT molecular complexity index is 918. The molecule has 2 aliphatic rings. The minimum absolute atomic E-state index is 0.0691. The molecule has 1 aromatic carbocycles. The zero-order valence-corrected chi connectivity index (χ0v) is 18.6. The second-order valence-corrected chi connectivity index (χ2v) is 8.61. The second-order valence-electron chi connectivity index (χ2n) is 8.61. The molecule has 172 valence electrons. The average molecular weight is 445 g/mol. The molecule has 1 saturated heterocycles. The molecule has 10 nitrogen and oxygen atoms in total. The van der Waals surface area contributed by atoms with Crippen molar-refractivity contribution < 1.29 is 33.4 Å². The third-order valence-corrected chi connectivity index (χ3v) is 5.25. The van der Waals surface area contributed by atoms with Gasteiger partial charge in [-0.1, -0.05) is 12.1 Å². The van der Waals surface area contributed by atoms with Gasteiger partial charge in [0, 0.05) is 26.1 Å². The van der Waals surface area contributed by atoms with Crippen LogP contribution in [0.4, 0.5) is 4.79 Å². The van der Waals surface area contributed by atoms with E-state index in [9.17, 15) is 24.0 Å². The first kappa shape index (κ1) is 23.2. The minimum atomic E-state index is -1.00. The number of amides is 4. The average Bonchev–Trinajstić information content (AvgIpc) is 3.00. The van der Waals surface area contributed by atoms with Crippen molar-refractivity contribution in [2.45, 2.75) is 38.8 Å². The highest BCUT2D eigenvalue weighted by molar-refractivity contribution is 6.21. The molecule has 1 atom stereocenters. The fraction of sp³-hybridized carbons (Fsp3) is 0.500. The van der Waals surface area contributed by atoms with E-state index < -0.39 is 41.4 Å². The zero-order valence-electron chi connectivity index (χ0n) is 18.6. The van der Waals surface area contributed by atoms with Crippen LogP contribution in [0.5, 0.6) is 0 Å². The Hall–Kier alpha value is -3.43. The smallest absolute Gasteiger partial charge is 0.410 e. The van der Waals surface area contributed by atoms with Crippen molar-refractivity contribution in [3.8, 4) is 0 Å². The lowest BCUT2D eigenvalue weighted by atomic mass is 10.1. The summed E-state index contributed by atoms with van der Waals surface area (Å²) >= 11 is 0. The maximum Gasteiger partial charge on any atom is 0.410 e. The molecule has 0 saturated carbocycles. The molecule has 32 heavy (non-hydrogen) atoms. The summed E-state index contributed by atoms with van der Waals surface area (Å²) in [6, 6.07) is 5.48. The Kier molecular flexibility index (Phi) is 6.52. The molecule has 10 heteroatoms. The van der Waals surface area contributed by atoms with Crippen molar-refractivity contribution in [2.24, 2.45) is 0 Å². The van der Waals surface area contributed by atoms with Gasteiger partial charge in [-0.2, -0.15) is 0 Å². The molecule has 4 amide bonds. The molecule has 0 radical (unpaired) electrons. The van der Waals surface area contributed by atoms with E-state index in [0.29, 0.717) is 11.1 Å². The summed E-state index contributed by atoms with van der Waals surface area (Å²) in [6.45, 7) is 5.32. The highest BCUT2D eigenvalue weighted by Crippen LogP contribution is 2.23. The van der Waals surface area contributed by atoms with E-state index in [4.69, 9.17) is 9.47 Å². The van der Waals surface area contributed by atoms with Gasteiger partial charge in [0.25, 0.3) is 11.8 Å². The van der Waals surface area contributed by atoms with E-state index >= 15 is 0 Å². The summed E-state index contributed by atoms with van der Waals surface area (Å²) in [6.07, 6.45) is -0.727. The third-order valence-electron chi connectivity index (χ3n) is 5.25. The van der Waals surface area contributed by atoms with Crippen LogP contribution in [-0.4, -0.2) is 89.4 Å². The van der Waals surface area contributed by atoms with Crippen LogP contribution in [0.15, 0.2) is 24.3 Å². The molecule has 1 aromatic rings. The largest absolute Gasteiger partial charge is 0.467 e. The fourth-order valence-electron chi connectivity index (χ4n) is 3.70. The molecule has 0 N–H and O–H groups in total. The summed E-state index contributed by atoms with van der Waals surface area (Å²) in [4.78, 5) is 66.3. The van der Waals surface area contributed by atoms with Crippen LogP contribution < -0.4 is 0 Å². The molecule has 2 heterocycles. The normalized spacial score (nSPS) is 18.5. The van der Waals surface area contributed by atoms with Gasteiger partial charge in [-0.05, 0) is 32.9 Å². The van der Waals surface area contributed by atoms with Crippen molar-refractivity contribution in [3.63, 3.8) is 0 Å². The second kappa shape index (κ2) is 8.97. The SMILES string of the molecule is COC(=O)C1CN(C(=O)OC(C)(C)C)CCN1C(=O)CCN1C(=O)c2ccccc2C1=O. The molecule has 0 bridgehead atoms. The molecule has 1 unspecified atom stereocenters. The number of carbonyl (C=O) groups is 5. The first-order chi connectivity index (χ1) is 15.0. The molecule has 1 fully saturated rings. The van der Waals surface area contributed by atoms with E-state index in [2.05, 4.69) is 0 Å². The van der Waals surface area contributed by atoms with Gasteiger partial charge in [-0.3, -0.25) is 19.3 Å². The monoisotopic (exact) mass is 445 g/mol. The number of benzene rings is 1. The van der Waals surface area contributed by atoms with Crippen LogP contribution in [0.2, 0.25) is 0 Å². The van der Waals surface area contributed by atoms with Crippen molar-refractivity contribution in [2.75, 3.05) is 33.3 Å². The van der Waals surface area contributed by atoms with Crippen molar-refractivity contribution in [3.05, 3.63) is 35.4 Å². The number of carbonyl (C=O) groups excluding carboxylic acids is 5. The summed E-state index contributed by atoms with van der Waals surface area (Å²) in [5.74, 6) is -1.97. The number of piperazine rings is 1. The fourth-order valence-corrected chi connectivity index (χ4v) is 3.70. The van der Waals surface area contributed by atoms with E-state index in [-0.39, 0.29) is 32.6 Å². The highest BCUT2D eigenvalue weighted by atomic mass is 16.6. The number of ether oxygens (including phenoxy) is 2. The van der Waals surface area contributed by atoms with Crippen LogP contribution in [0.25, 0.3) is 0 Å². The number of rotatable bonds is 4. The number of esters is 1. The van der Waals surface area contributed by atoms with Crippen molar-refractivity contribution in [1.29, 1.82) is 0 Å². The van der Waals surface area contributed by atoms with E-state index in [1.165, 1.54) is 16.9 Å². The molecule has 0 aliphatic carbocycles. The third kappa shape index (κ3) is 4.74. The van der Waals surface area contributed by atoms with Crippen LogP contribution in [0.3, 0.4) is 0 Å². The van der Waals surface area contributed by atoms with Crippen molar-refractivity contribution >= 4 is 29.8 Å². The highest BCUT2D eigenvalue weighted by Gasteiger charge is 2.40. The Balaban J connectivity index is 1.65. The predicted octanol–water partition coefficient (Wildman–Crippen LogP) is 1.29. The van der Waals surface area contributed by atoms with Gasteiger partial charge in [-0.25, -0.2) is 9.59 Å². The van der Waals surface area contributed by atoms with Gasteiger partial charge in [0.1, 0.15) is 11.6 Å². The molecular formula is C22H27N3O7. The van der Waals surface area contributed by atoms with Crippen LogP contribution in [-0.2, 0) is 19.1 Å². The Labute approximate surface area is 186 Å². The minimum Gasteiger partial charge on any atom is -0.467 e. The van der Waals surface area contributed by atoms with Gasteiger partial charge in [0.15, 0.2) is 0 Å². The lowest BCUT2D eigenvalue weighted by molar-refractivity contribution is -0.156. The Morgan fingerprint density at radius 2 is 1.62 bits per heavy atom. The topological polar surface area (TPSA) is 114 Å². The molecule has 0 aromatic heterocycles. The molecule has 3 rings (SSSR count). The maximum absolute atomic E-state index is 12.9. The lowest BCUT2D eigenvalue weighted by Gasteiger charge is -2.40. The number of fused-ring (bicyclic) bond motifs is 1. The summed E-state index contributed by atoms with van der Waals surface area (Å²) in [5, 5.41) is 0. The Morgan fingerprint density at radius 3 is 2.16 bits per heavy atom. The lowest BCUT2D eigenvalue weighted by Crippen LogP contribution is -2.60.